The van der Waals surface area contributed by atoms with E-state index < -0.39 is 0 Å². The van der Waals surface area contributed by atoms with Crippen LogP contribution in [0.3, 0.4) is 0 Å². The molecule has 0 bridgehead atoms. The van der Waals surface area contributed by atoms with E-state index in [0.29, 0.717) is 23.8 Å². The highest BCUT2D eigenvalue weighted by atomic mass is 16.2. The highest BCUT2D eigenvalue weighted by molar-refractivity contribution is 5.82. The largest absolute Gasteiger partial charge is 0.339 e. The van der Waals surface area contributed by atoms with Crippen LogP contribution in [0, 0.1) is 11.8 Å². The zero-order valence-electron chi connectivity index (χ0n) is 12.3. The maximum absolute atomic E-state index is 12.5. The van der Waals surface area contributed by atoms with E-state index in [1.54, 1.807) is 0 Å². The first kappa shape index (κ1) is 13.9. The first-order valence-electron chi connectivity index (χ1n) is 7.96. The van der Waals surface area contributed by atoms with Gasteiger partial charge in [-0.15, -0.1) is 0 Å². The van der Waals surface area contributed by atoms with Crippen LogP contribution >= 0.6 is 0 Å². The van der Waals surface area contributed by atoms with Crippen molar-refractivity contribution in [2.24, 2.45) is 11.8 Å². The fraction of sp³-hybridized carbons (Fsp3) is 0.867. The van der Waals surface area contributed by atoms with Gasteiger partial charge in [0.2, 0.25) is 11.8 Å². The molecule has 1 aliphatic carbocycles. The number of hydrogen-bond acceptors (Lipinski definition) is 3. The highest BCUT2D eigenvalue weighted by Gasteiger charge is 2.36. The van der Waals surface area contributed by atoms with Gasteiger partial charge >= 0.3 is 0 Å². The molecular weight excluding hydrogens is 254 g/mol. The summed E-state index contributed by atoms with van der Waals surface area (Å²) >= 11 is 0. The summed E-state index contributed by atoms with van der Waals surface area (Å²) in [7, 11) is 0. The average Bonchev–Trinajstić information content (AvgIpc) is 3.30. The van der Waals surface area contributed by atoms with Crippen LogP contribution < -0.4 is 5.32 Å². The molecule has 2 heterocycles. The molecule has 5 nitrogen and oxygen atoms in total. The number of piperazine rings is 1. The van der Waals surface area contributed by atoms with E-state index in [9.17, 15) is 9.59 Å². The molecule has 0 radical (unpaired) electrons. The molecule has 3 rings (SSSR count). The number of carbonyl (C=O) groups excluding carboxylic acids is 2. The quantitative estimate of drug-likeness (QED) is 0.799. The summed E-state index contributed by atoms with van der Waals surface area (Å²) in [5.41, 5.74) is 0. The Labute approximate surface area is 120 Å². The van der Waals surface area contributed by atoms with Crippen molar-refractivity contribution in [3.05, 3.63) is 0 Å². The first-order valence-corrected chi connectivity index (χ1v) is 7.96. The van der Waals surface area contributed by atoms with E-state index in [1.807, 2.05) is 9.80 Å². The molecule has 1 saturated carbocycles. The van der Waals surface area contributed by atoms with Gasteiger partial charge in [0, 0.05) is 44.1 Å². The van der Waals surface area contributed by atoms with Crippen LogP contribution in [0.4, 0.5) is 0 Å². The van der Waals surface area contributed by atoms with Crippen LogP contribution in [0.2, 0.25) is 0 Å². The van der Waals surface area contributed by atoms with Crippen LogP contribution in [-0.2, 0) is 9.59 Å². The Morgan fingerprint density at radius 2 is 1.45 bits per heavy atom. The summed E-state index contributed by atoms with van der Waals surface area (Å²) in [6.45, 7) is 5.97. The molecule has 3 aliphatic rings. The SMILES string of the molecule is CC1CC(C(=O)N2CCN(C(=O)C3CC3)CC2)CCN1. The van der Waals surface area contributed by atoms with Gasteiger partial charge in [0.1, 0.15) is 0 Å². The van der Waals surface area contributed by atoms with Gasteiger partial charge in [-0.3, -0.25) is 9.59 Å². The van der Waals surface area contributed by atoms with Crippen molar-refractivity contribution in [2.45, 2.75) is 38.6 Å². The Balaban J connectivity index is 1.49. The van der Waals surface area contributed by atoms with Crippen molar-refractivity contribution >= 4 is 11.8 Å². The third-order valence-corrected chi connectivity index (χ3v) is 4.80. The normalized spacial score (nSPS) is 31.2. The van der Waals surface area contributed by atoms with E-state index in [0.717, 1.165) is 58.4 Å². The molecular formula is C15H25N3O2. The topological polar surface area (TPSA) is 52.7 Å². The Morgan fingerprint density at radius 3 is 1.95 bits per heavy atom. The Bertz CT molecular complexity index is 387. The van der Waals surface area contributed by atoms with E-state index in [2.05, 4.69) is 12.2 Å². The lowest BCUT2D eigenvalue weighted by Crippen LogP contribution is -2.53. The molecule has 2 saturated heterocycles. The zero-order valence-corrected chi connectivity index (χ0v) is 12.3. The van der Waals surface area contributed by atoms with E-state index in [4.69, 9.17) is 0 Å². The molecule has 5 heteroatoms. The predicted octanol–water partition coefficient (Wildman–Crippen LogP) is 0.455. The minimum Gasteiger partial charge on any atom is -0.339 e. The smallest absolute Gasteiger partial charge is 0.225 e. The minimum absolute atomic E-state index is 0.178. The molecule has 3 fully saturated rings. The molecule has 2 atom stereocenters. The van der Waals surface area contributed by atoms with E-state index in [1.165, 1.54) is 0 Å². The second kappa shape index (κ2) is 5.72. The van der Waals surface area contributed by atoms with E-state index in [-0.39, 0.29) is 5.92 Å². The highest BCUT2D eigenvalue weighted by Crippen LogP contribution is 2.31. The van der Waals surface area contributed by atoms with Gasteiger partial charge < -0.3 is 15.1 Å². The Hall–Kier alpha value is -1.10. The molecule has 0 aromatic carbocycles. The van der Waals surface area contributed by atoms with Crippen LogP contribution in [-0.4, -0.2) is 60.4 Å². The summed E-state index contributed by atoms with van der Waals surface area (Å²) in [5, 5.41) is 3.39. The fourth-order valence-corrected chi connectivity index (χ4v) is 3.35. The van der Waals surface area contributed by atoms with E-state index >= 15 is 0 Å². The lowest BCUT2D eigenvalue weighted by molar-refractivity contribution is -0.143. The number of nitrogens with zero attached hydrogens (tertiary/aromatic N) is 2. The maximum atomic E-state index is 12.5. The molecule has 112 valence electrons. The van der Waals surface area contributed by atoms with Gasteiger partial charge in [-0.25, -0.2) is 0 Å². The standard InChI is InChI=1S/C15H25N3O2/c1-11-10-13(4-5-16-11)15(20)18-8-6-17(7-9-18)14(19)12-2-3-12/h11-13,16H,2-10H2,1H3. The number of hydrogen-bond donors (Lipinski definition) is 1. The van der Waals surface area contributed by atoms with Crippen molar-refractivity contribution in [1.82, 2.24) is 15.1 Å². The Morgan fingerprint density at radius 1 is 0.900 bits per heavy atom. The van der Waals surface area contributed by atoms with Gasteiger partial charge in [0.25, 0.3) is 0 Å². The van der Waals surface area contributed by atoms with Crippen molar-refractivity contribution in [1.29, 1.82) is 0 Å². The third kappa shape index (κ3) is 2.97. The number of carbonyl (C=O) groups is 2. The van der Waals surface area contributed by atoms with Gasteiger partial charge in [0.15, 0.2) is 0 Å². The number of piperidine rings is 1. The summed E-state index contributed by atoms with van der Waals surface area (Å²) in [5.74, 6) is 1.09. The van der Waals surface area contributed by atoms with Crippen molar-refractivity contribution in [3.63, 3.8) is 0 Å². The summed E-state index contributed by atoms with van der Waals surface area (Å²) in [6, 6.07) is 0.440. The third-order valence-electron chi connectivity index (χ3n) is 4.80. The van der Waals surface area contributed by atoms with Gasteiger partial charge in [-0.2, -0.15) is 0 Å². The number of rotatable bonds is 2. The summed E-state index contributed by atoms with van der Waals surface area (Å²) in [4.78, 5) is 28.4. The first-order chi connectivity index (χ1) is 9.65. The second-order valence-corrected chi connectivity index (χ2v) is 6.50. The summed E-state index contributed by atoms with van der Waals surface area (Å²) in [6.07, 6.45) is 4.01. The average molecular weight is 279 g/mol. The lowest BCUT2D eigenvalue weighted by Gasteiger charge is -2.38. The fourth-order valence-electron chi connectivity index (χ4n) is 3.35. The van der Waals surface area contributed by atoms with Gasteiger partial charge in [0.05, 0.1) is 0 Å². The van der Waals surface area contributed by atoms with Crippen LogP contribution in [0.15, 0.2) is 0 Å². The van der Waals surface area contributed by atoms with Crippen LogP contribution in [0.5, 0.6) is 0 Å². The van der Waals surface area contributed by atoms with Crippen molar-refractivity contribution in [2.75, 3.05) is 32.7 Å². The lowest BCUT2D eigenvalue weighted by atomic mass is 9.92. The summed E-state index contributed by atoms with van der Waals surface area (Å²) < 4.78 is 0. The molecule has 0 spiro atoms. The number of nitrogens with one attached hydrogen (secondary N) is 1. The van der Waals surface area contributed by atoms with Crippen molar-refractivity contribution in [3.8, 4) is 0 Å². The predicted molar refractivity (Wildman–Crippen MR) is 76.1 cm³/mol. The number of amides is 2. The Kier molecular flexibility index (Phi) is 3.96. The van der Waals surface area contributed by atoms with Crippen LogP contribution in [0.1, 0.15) is 32.6 Å². The molecule has 1 N–H and O–H groups in total. The van der Waals surface area contributed by atoms with Gasteiger partial charge in [-0.1, -0.05) is 0 Å². The van der Waals surface area contributed by atoms with Crippen LogP contribution in [0.25, 0.3) is 0 Å². The monoisotopic (exact) mass is 279 g/mol. The molecule has 20 heavy (non-hydrogen) atoms. The molecule has 2 aliphatic heterocycles. The molecule has 0 aromatic heterocycles. The maximum Gasteiger partial charge on any atom is 0.225 e. The minimum atomic E-state index is 0.178. The molecule has 2 unspecified atom stereocenters. The second-order valence-electron chi connectivity index (χ2n) is 6.50. The van der Waals surface area contributed by atoms with Gasteiger partial charge in [-0.05, 0) is 39.2 Å². The zero-order chi connectivity index (χ0) is 14.1. The van der Waals surface area contributed by atoms with Crippen molar-refractivity contribution < 1.29 is 9.59 Å². The molecule has 0 aromatic rings. The molecule has 2 amide bonds.